The van der Waals surface area contributed by atoms with Gasteiger partial charge in [0.15, 0.2) is 0 Å². The smallest absolute Gasteiger partial charge is 0.373 e. The summed E-state index contributed by atoms with van der Waals surface area (Å²) in [6, 6.07) is 5.84. The van der Waals surface area contributed by atoms with E-state index >= 15 is 0 Å². The summed E-state index contributed by atoms with van der Waals surface area (Å²) in [6.07, 6.45) is 0.605. The lowest BCUT2D eigenvalue weighted by atomic mass is 9.85. The van der Waals surface area contributed by atoms with Crippen molar-refractivity contribution in [2.24, 2.45) is 0 Å². The van der Waals surface area contributed by atoms with Gasteiger partial charge in [0.25, 0.3) is 0 Å². The molecule has 0 aliphatic heterocycles. The van der Waals surface area contributed by atoms with Crippen molar-refractivity contribution in [2.75, 3.05) is 59.5 Å². The van der Waals surface area contributed by atoms with Crippen LogP contribution in [0, 0.1) is 0 Å². The Morgan fingerprint density at radius 3 is 2.03 bits per heavy atom. The Labute approximate surface area is 225 Å². The lowest BCUT2D eigenvalue weighted by Crippen LogP contribution is -2.43. The van der Waals surface area contributed by atoms with Gasteiger partial charge in [-0.25, -0.2) is 0 Å². The molecular formula is C23H38BCl4N3O3. The molecule has 194 valence electrons. The van der Waals surface area contributed by atoms with E-state index in [1.54, 1.807) is 6.82 Å². The molecule has 0 saturated heterocycles. The van der Waals surface area contributed by atoms with Crippen molar-refractivity contribution in [1.82, 2.24) is 5.23 Å². The number of nitrogens with zero attached hydrogens (tertiary/aromatic N) is 2. The largest absolute Gasteiger partial charge is 0.460 e. The molecule has 1 aromatic rings. The third kappa shape index (κ3) is 11.9. The van der Waals surface area contributed by atoms with Gasteiger partial charge in [-0.15, -0.1) is 46.4 Å². The highest BCUT2D eigenvalue weighted by Crippen LogP contribution is 2.29. The van der Waals surface area contributed by atoms with Gasteiger partial charge in [0.05, 0.1) is 6.42 Å². The first kappa shape index (κ1) is 31.5. The van der Waals surface area contributed by atoms with Gasteiger partial charge in [0, 0.05) is 67.1 Å². The maximum absolute atomic E-state index is 12.6. The fourth-order valence-corrected chi connectivity index (χ4v) is 4.57. The molecule has 1 aromatic carbocycles. The van der Waals surface area contributed by atoms with Crippen molar-refractivity contribution in [2.45, 2.75) is 52.1 Å². The Balaban J connectivity index is 3.38. The average molecular weight is 557 g/mol. The van der Waals surface area contributed by atoms with Crippen LogP contribution in [0.15, 0.2) is 18.2 Å². The van der Waals surface area contributed by atoms with Crippen molar-refractivity contribution in [3.05, 3.63) is 23.8 Å². The van der Waals surface area contributed by atoms with E-state index in [1.165, 1.54) is 0 Å². The zero-order valence-corrected chi connectivity index (χ0v) is 23.7. The highest BCUT2D eigenvalue weighted by molar-refractivity contribution is 6.45. The molecule has 1 rings (SSSR count). The summed E-state index contributed by atoms with van der Waals surface area (Å²) >= 11 is 24.2. The maximum Gasteiger partial charge on any atom is 0.373 e. The summed E-state index contributed by atoms with van der Waals surface area (Å²) in [5.41, 5.74) is 2.40. The summed E-state index contributed by atoms with van der Waals surface area (Å²) in [5, 5.41) is 13.1. The summed E-state index contributed by atoms with van der Waals surface area (Å²) < 4.78 is 5.52. The lowest BCUT2D eigenvalue weighted by Gasteiger charge is -2.30. The van der Waals surface area contributed by atoms with Crippen LogP contribution in [-0.4, -0.2) is 79.4 Å². The molecule has 11 heteroatoms. The molecule has 0 radical (unpaired) electrons. The predicted molar refractivity (Wildman–Crippen MR) is 149 cm³/mol. The number of ether oxygens (including phenoxy) is 1. The number of carbonyl (C=O) groups is 1. The number of esters is 1. The molecule has 2 N–H and O–H groups in total. The fraction of sp³-hybridized carbons (Fsp3) is 0.696. The molecule has 6 nitrogen and oxygen atoms in total. The number of halogens is 4. The first-order valence-corrected chi connectivity index (χ1v) is 13.7. The van der Waals surface area contributed by atoms with Crippen LogP contribution in [0.3, 0.4) is 0 Å². The predicted octanol–water partition coefficient (Wildman–Crippen LogP) is 4.60. The van der Waals surface area contributed by atoms with Gasteiger partial charge >= 0.3 is 13.0 Å². The monoisotopic (exact) mass is 555 g/mol. The van der Waals surface area contributed by atoms with Crippen molar-refractivity contribution in [3.8, 4) is 0 Å². The van der Waals surface area contributed by atoms with Crippen LogP contribution < -0.4 is 15.0 Å². The van der Waals surface area contributed by atoms with Crippen LogP contribution in [0.2, 0.25) is 6.82 Å². The highest BCUT2D eigenvalue weighted by atomic mass is 35.5. The van der Waals surface area contributed by atoms with Crippen LogP contribution in [-0.2, 0) is 16.0 Å². The third-order valence-corrected chi connectivity index (χ3v) is 5.64. The van der Waals surface area contributed by atoms with Gasteiger partial charge in [-0.05, 0) is 57.8 Å². The van der Waals surface area contributed by atoms with Gasteiger partial charge < -0.3 is 24.8 Å². The Kier molecular flexibility index (Phi) is 15.0. The Morgan fingerprint density at radius 2 is 1.56 bits per heavy atom. The summed E-state index contributed by atoms with van der Waals surface area (Å²) in [5.74, 6) is 1.53. The molecule has 0 fully saturated rings. The minimum Gasteiger partial charge on any atom is -0.460 e. The molecule has 0 saturated carbocycles. The minimum atomic E-state index is -0.787. The molecular weight excluding hydrogens is 519 g/mol. The van der Waals surface area contributed by atoms with Crippen LogP contribution in [0.4, 0.5) is 11.4 Å². The van der Waals surface area contributed by atoms with E-state index in [2.05, 4.69) is 21.1 Å². The number of hydrogen-bond acceptors (Lipinski definition) is 6. The fourth-order valence-electron chi connectivity index (χ4n) is 3.75. The first-order valence-electron chi connectivity index (χ1n) is 11.6. The van der Waals surface area contributed by atoms with E-state index < -0.39 is 12.7 Å². The third-order valence-electron chi connectivity index (χ3n) is 4.96. The van der Waals surface area contributed by atoms with Gasteiger partial charge in [-0.1, -0.05) is 0 Å². The Bertz CT molecular complexity index is 726. The molecule has 1 atom stereocenters. The van der Waals surface area contributed by atoms with Crippen LogP contribution in [0.1, 0.15) is 32.8 Å². The molecule has 0 bridgehead atoms. The molecule has 0 heterocycles. The number of hydrogen-bond donors (Lipinski definition) is 2. The van der Waals surface area contributed by atoms with Crippen molar-refractivity contribution in [1.29, 1.82) is 0 Å². The van der Waals surface area contributed by atoms with Crippen LogP contribution >= 0.6 is 46.4 Å². The maximum atomic E-state index is 12.6. The molecule has 0 aliphatic carbocycles. The standard InChI is InChI=1S/C23H38BCl4N3O3/c1-23(2,3)34-22(32)17-19(29-24(4)33)15-18-16-20(30(11-7-25)12-8-26)5-6-21(18)31(13-9-27)14-10-28/h5-6,16,19,29,33H,7-15,17H2,1-4H3/t19-/m0/s1. The SMILES string of the molecule is CB(O)N[C@H](CC(=O)OC(C)(C)C)Cc1cc(N(CCCl)CCCl)ccc1N(CCCl)CCCl. The Morgan fingerprint density at radius 1 is 1.03 bits per heavy atom. The quantitative estimate of drug-likeness (QED) is 0.176. The number of anilines is 2. The highest BCUT2D eigenvalue weighted by Gasteiger charge is 2.24. The number of benzene rings is 1. The second-order valence-electron chi connectivity index (χ2n) is 9.08. The summed E-state index contributed by atoms with van der Waals surface area (Å²) in [4.78, 5) is 16.9. The second kappa shape index (κ2) is 16.2. The molecule has 0 unspecified atom stereocenters. The van der Waals surface area contributed by atoms with Crippen molar-refractivity contribution >= 4 is 70.8 Å². The first-order chi connectivity index (χ1) is 16.0. The zero-order valence-electron chi connectivity index (χ0n) is 20.6. The van der Waals surface area contributed by atoms with Gasteiger partial charge in [-0.3, -0.25) is 4.79 Å². The Hall–Kier alpha value is -0.565. The van der Waals surface area contributed by atoms with E-state index in [9.17, 15) is 9.82 Å². The molecule has 0 aliphatic rings. The number of nitrogens with one attached hydrogen (secondary N) is 1. The molecule has 34 heavy (non-hydrogen) atoms. The van der Waals surface area contributed by atoms with Crippen molar-refractivity contribution in [3.63, 3.8) is 0 Å². The molecule has 0 aromatic heterocycles. The number of carbonyl (C=O) groups excluding carboxylic acids is 1. The summed E-state index contributed by atoms with van der Waals surface area (Å²) in [6.45, 7) is 9.73. The average Bonchev–Trinajstić information content (AvgIpc) is 2.71. The number of alkyl halides is 4. The number of rotatable bonds is 16. The second-order valence-corrected chi connectivity index (χ2v) is 10.6. The van der Waals surface area contributed by atoms with Crippen LogP contribution in [0.25, 0.3) is 0 Å². The normalized spacial score (nSPS) is 12.4. The van der Waals surface area contributed by atoms with E-state index in [-0.39, 0.29) is 18.4 Å². The van der Waals surface area contributed by atoms with Gasteiger partial charge in [0.1, 0.15) is 5.60 Å². The van der Waals surface area contributed by atoms with Crippen LogP contribution in [0.5, 0.6) is 0 Å². The summed E-state index contributed by atoms with van der Waals surface area (Å²) in [7, 11) is -0.787. The molecule has 0 amide bonds. The lowest BCUT2D eigenvalue weighted by molar-refractivity contribution is -0.155. The van der Waals surface area contributed by atoms with E-state index in [0.29, 0.717) is 56.1 Å². The van der Waals surface area contributed by atoms with Crippen molar-refractivity contribution < 1.29 is 14.6 Å². The zero-order chi connectivity index (χ0) is 25.7. The van der Waals surface area contributed by atoms with Gasteiger partial charge in [0.2, 0.25) is 0 Å². The van der Waals surface area contributed by atoms with E-state index in [0.717, 1.165) is 16.9 Å². The minimum absolute atomic E-state index is 0.115. The topological polar surface area (TPSA) is 65.0 Å². The van der Waals surface area contributed by atoms with E-state index in [1.807, 2.05) is 32.9 Å². The van der Waals surface area contributed by atoms with E-state index in [4.69, 9.17) is 51.1 Å². The van der Waals surface area contributed by atoms with Gasteiger partial charge in [-0.2, -0.15) is 0 Å². The molecule has 0 spiro atoms.